The van der Waals surface area contributed by atoms with E-state index in [1.807, 2.05) is 0 Å². The van der Waals surface area contributed by atoms with Crippen LogP contribution in [0.2, 0.25) is 0 Å². The Morgan fingerprint density at radius 3 is 2.31 bits per heavy atom. The van der Waals surface area contributed by atoms with Crippen LogP contribution >= 0.6 is 0 Å². The third kappa shape index (κ3) is 4.55. The van der Waals surface area contributed by atoms with Crippen molar-refractivity contribution in [3.63, 3.8) is 0 Å². The lowest BCUT2D eigenvalue weighted by molar-refractivity contribution is -0.119. The number of likely N-dealkylation sites (tertiary alicyclic amines) is 1. The number of anilines is 2. The van der Waals surface area contributed by atoms with Gasteiger partial charge in [-0.15, -0.1) is 6.42 Å². The van der Waals surface area contributed by atoms with Crippen molar-refractivity contribution in [3.05, 3.63) is 88.8 Å². The Bertz CT molecular complexity index is 1220. The van der Waals surface area contributed by atoms with Gasteiger partial charge in [-0.25, -0.2) is 4.79 Å². The number of aromatic nitrogens is 1. The minimum absolute atomic E-state index is 0.133. The first kappa shape index (κ1) is 20.9. The number of carbonyl (C=O) groups excluding carboxylic acids is 2. The summed E-state index contributed by atoms with van der Waals surface area (Å²) in [5, 5.41) is 5.69. The van der Waals surface area contributed by atoms with Crippen LogP contribution in [-0.4, -0.2) is 34.0 Å². The molecule has 0 saturated carbocycles. The number of amides is 3. The average molecular weight is 426 g/mol. The highest BCUT2D eigenvalue weighted by Crippen LogP contribution is 2.21. The Labute approximate surface area is 185 Å². The Morgan fingerprint density at radius 1 is 0.938 bits per heavy atom. The maximum atomic E-state index is 12.9. The topological polar surface area (TPSA) is 83.4 Å². The van der Waals surface area contributed by atoms with Gasteiger partial charge in [0.2, 0.25) is 5.91 Å². The molecule has 0 bridgehead atoms. The highest BCUT2D eigenvalue weighted by atomic mass is 16.2. The number of benzene rings is 2. The quantitative estimate of drug-likeness (QED) is 0.627. The first-order chi connectivity index (χ1) is 15.5. The minimum Gasteiger partial charge on any atom is -0.324 e. The molecule has 0 spiro atoms. The molecule has 2 aromatic carbocycles. The normalized spacial score (nSPS) is 15.1. The molecule has 1 saturated heterocycles. The number of hydrogen-bond acceptors (Lipinski definition) is 3. The zero-order chi connectivity index (χ0) is 22.5. The Kier molecular flexibility index (Phi) is 6.04. The van der Waals surface area contributed by atoms with E-state index in [0.29, 0.717) is 30.0 Å². The van der Waals surface area contributed by atoms with E-state index in [1.54, 1.807) is 71.8 Å². The van der Waals surface area contributed by atoms with Gasteiger partial charge >= 0.3 is 6.03 Å². The molecular formula is C25H22N4O3. The van der Waals surface area contributed by atoms with Crippen LogP contribution in [0.1, 0.15) is 18.4 Å². The molecule has 0 unspecified atom stereocenters. The lowest BCUT2D eigenvalue weighted by Crippen LogP contribution is -2.45. The standard InChI is InChI=1S/C25H22N4O3/c1-2-18-8-10-20(11-9-18)27-25(32)29-17-5-6-22(29)24(31)26-19-12-14-21(15-13-19)28-16-4-3-7-23(28)30/h1,3-4,7-16,22H,5-6,17H2,(H,26,31)(H,27,32)/t22-/m1/s1. The molecule has 4 rings (SSSR count). The molecule has 1 fully saturated rings. The van der Waals surface area contributed by atoms with E-state index in [1.165, 1.54) is 10.6 Å². The van der Waals surface area contributed by atoms with E-state index >= 15 is 0 Å². The van der Waals surface area contributed by atoms with Crippen molar-refractivity contribution in [2.45, 2.75) is 18.9 Å². The molecular weight excluding hydrogens is 404 g/mol. The van der Waals surface area contributed by atoms with E-state index in [4.69, 9.17) is 6.42 Å². The summed E-state index contributed by atoms with van der Waals surface area (Å²) in [7, 11) is 0. The number of terminal acetylenes is 1. The van der Waals surface area contributed by atoms with Crippen molar-refractivity contribution in [1.82, 2.24) is 9.47 Å². The molecule has 160 valence electrons. The molecule has 1 aliphatic rings. The molecule has 2 heterocycles. The van der Waals surface area contributed by atoms with Gasteiger partial charge < -0.3 is 15.5 Å². The third-order valence-electron chi connectivity index (χ3n) is 5.35. The van der Waals surface area contributed by atoms with E-state index in [-0.39, 0.29) is 17.5 Å². The highest BCUT2D eigenvalue weighted by molar-refractivity contribution is 5.99. The molecule has 0 aliphatic carbocycles. The lowest BCUT2D eigenvalue weighted by Gasteiger charge is -2.24. The smallest absolute Gasteiger partial charge is 0.322 e. The van der Waals surface area contributed by atoms with Crippen LogP contribution in [0.25, 0.3) is 5.69 Å². The zero-order valence-corrected chi connectivity index (χ0v) is 17.3. The van der Waals surface area contributed by atoms with E-state index in [9.17, 15) is 14.4 Å². The third-order valence-corrected chi connectivity index (χ3v) is 5.35. The maximum Gasteiger partial charge on any atom is 0.322 e. The summed E-state index contributed by atoms with van der Waals surface area (Å²) in [6.07, 6.45) is 8.38. The SMILES string of the molecule is C#Cc1ccc(NC(=O)N2CCC[C@@H]2C(=O)Nc2ccc(-n3ccccc3=O)cc2)cc1. The fourth-order valence-corrected chi connectivity index (χ4v) is 3.70. The average Bonchev–Trinajstić information content (AvgIpc) is 3.31. The lowest BCUT2D eigenvalue weighted by atomic mass is 10.2. The minimum atomic E-state index is -0.559. The van der Waals surface area contributed by atoms with Gasteiger partial charge in [-0.1, -0.05) is 12.0 Å². The van der Waals surface area contributed by atoms with Gasteiger partial charge in [0, 0.05) is 41.4 Å². The Hall–Kier alpha value is -4.31. The predicted molar refractivity (Wildman–Crippen MR) is 124 cm³/mol. The molecule has 7 heteroatoms. The van der Waals surface area contributed by atoms with Crippen molar-refractivity contribution in [2.24, 2.45) is 0 Å². The van der Waals surface area contributed by atoms with Crippen LogP contribution in [0.3, 0.4) is 0 Å². The summed E-state index contributed by atoms with van der Waals surface area (Å²) in [5.74, 6) is 2.28. The number of hydrogen-bond donors (Lipinski definition) is 2. The van der Waals surface area contributed by atoms with Crippen molar-refractivity contribution >= 4 is 23.3 Å². The van der Waals surface area contributed by atoms with Crippen LogP contribution in [0, 0.1) is 12.3 Å². The molecule has 1 atom stereocenters. The van der Waals surface area contributed by atoms with Crippen LogP contribution < -0.4 is 16.2 Å². The van der Waals surface area contributed by atoms with Crippen molar-refractivity contribution in [3.8, 4) is 18.0 Å². The first-order valence-corrected chi connectivity index (χ1v) is 10.3. The fraction of sp³-hybridized carbons (Fsp3) is 0.160. The van der Waals surface area contributed by atoms with Gasteiger partial charge in [-0.05, 0) is 67.4 Å². The summed E-state index contributed by atoms with van der Waals surface area (Å²) in [4.78, 5) is 39.1. The second kappa shape index (κ2) is 9.23. The Balaban J connectivity index is 1.41. The zero-order valence-electron chi connectivity index (χ0n) is 17.3. The van der Waals surface area contributed by atoms with Crippen LogP contribution in [0.15, 0.2) is 77.7 Å². The number of urea groups is 1. The van der Waals surface area contributed by atoms with Crippen LogP contribution in [0.4, 0.5) is 16.2 Å². The number of carbonyl (C=O) groups is 2. The van der Waals surface area contributed by atoms with Gasteiger partial charge in [0.25, 0.3) is 5.56 Å². The van der Waals surface area contributed by atoms with Crippen molar-refractivity contribution in [1.29, 1.82) is 0 Å². The van der Waals surface area contributed by atoms with Gasteiger partial charge in [0.05, 0.1) is 0 Å². The number of rotatable bonds is 4. The monoisotopic (exact) mass is 426 g/mol. The number of nitrogens with zero attached hydrogens (tertiary/aromatic N) is 2. The summed E-state index contributed by atoms with van der Waals surface area (Å²) in [5.41, 5.74) is 2.51. The molecule has 7 nitrogen and oxygen atoms in total. The Morgan fingerprint density at radius 2 is 1.62 bits per heavy atom. The molecule has 32 heavy (non-hydrogen) atoms. The molecule has 2 N–H and O–H groups in total. The van der Waals surface area contributed by atoms with Gasteiger partial charge in [0.1, 0.15) is 6.04 Å². The van der Waals surface area contributed by atoms with Crippen LogP contribution in [-0.2, 0) is 4.79 Å². The summed E-state index contributed by atoms with van der Waals surface area (Å²) in [6.45, 7) is 0.502. The predicted octanol–water partition coefficient (Wildman–Crippen LogP) is 3.45. The van der Waals surface area contributed by atoms with E-state index in [0.717, 1.165) is 12.0 Å². The molecule has 0 radical (unpaired) electrons. The highest BCUT2D eigenvalue weighted by Gasteiger charge is 2.34. The largest absolute Gasteiger partial charge is 0.324 e. The van der Waals surface area contributed by atoms with Gasteiger partial charge in [-0.3, -0.25) is 14.2 Å². The molecule has 3 amide bonds. The first-order valence-electron chi connectivity index (χ1n) is 10.3. The molecule has 3 aromatic rings. The molecule has 1 aliphatic heterocycles. The summed E-state index contributed by atoms with van der Waals surface area (Å²) >= 11 is 0. The van der Waals surface area contributed by atoms with Gasteiger partial charge in [0.15, 0.2) is 0 Å². The maximum absolute atomic E-state index is 12.9. The second-order valence-corrected chi connectivity index (χ2v) is 7.45. The van der Waals surface area contributed by atoms with Crippen molar-refractivity contribution in [2.75, 3.05) is 17.2 Å². The van der Waals surface area contributed by atoms with Crippen molar-refractivity contribution < 1.29 is 9.59 Å². The van der Waals surface area contributed by atoms with E-state index in [2.05, 4.69) is 16.6 Å². The van der Waals surface area contributed by atoms with Crippen LogP contribution in [0.5, 0.6) is 0 Å². The fourth-order valence-electron chi connectivity index (χ4n) is 3.70. The van der Waals surface area contributed by atoms with E-state index < -0.39 is 6.04 Å². The number of pyridine rings is 1. The molecule has 1 aromatic heterocycles. The second-order valence-electron chi connectivity index (χ2n) is 7.45. The summed E-state index contributed by atoms with van der Waals surface area (Å²) < 4.78 is 1.52. The summed E-state index contributed by atoms with van der Waals surface area (Å²) in [6, 6.07) is 18.0. The number of nitrogens with one attached hydrogen (secondary N) is 2. The van der Waals surface area contributed by atoms with Gasteiger partial charge in [-0.2, -0.15) is 0 Å².